The molecular formula is C26H25NO4. The summed E-state index contributed by atoms with van der Waals surface area (Å²) in [6.45, 7) is 4.89. The van der Waals surface area contributed by atoms with E-state index in [1.54, 1.807) is 20.8 Å². The zero-order chi connectivity index (χ0) is 22.0. The van der Waals surface area contributed by atoms with Crippen LogP contribution >= 0.6 is 0 Å². The monoisotopic (exact) mass is 415 g/mol. The van der Waals surface area contributed by atoms with Crippen molar-refractivity contribution in [1.82, 2.24) is 4.57 Å². The summed E-state index contributed by atoms with van der Waals surface area (Å²) >= 11 is 0. The van der Waals surface area contributed by atoms with Crippen LogP contribution in [0.3, 0.4) is 0 Å². The largest absolute Gasteiger partial charge is 0.457 e. The van der Waals surface area contributed by atoms with E-state index in [2.05, 4.69) is 0 Å². The van der Waals surface area contributed by atoms with Gasteiger partial charge in [0.25, 0.3) is 0 Å². The number of carbonyl (C=O) groups is 2. The number of carbonyl (C=O) groups excluding carboxylic acids is 2. The molecule has 1 heterocycles. The van der Waals surface area contributed by atoms with Gasteiger partial charge < -0.3 is 14.0 Å². The van der Waals surface area contributed by atoms with E-state index in [1.807, 2.05) is 83.4 Å². The Bertz CT molecular complexity index is 1180. The van der Waals surface area contributed by atoms with E-state index in [1.165, 1.54) is 0 Å². The molecular weight excluding hydrogens is 390 g/mol. The Morgan fingerprint density at radius 2 is 1.32 bits per heavy atom. The lowest BCUT2D eigenvalue weighted by Gasteiger charge is -2.22. The molecule has 0 saturated heterocycles. The van der Waals surface area contributed by atoms with Crippen LogP contribution in [0.25, 0.3) is 21.8 Å². The van der Waals surface area contributed by atoms with Crippen LogP contribution in [0.2, 0.25) is 0 Å². The third-order valence-corrected chi connectivity index (χ3v) is 4.97. The van der Waals surface area contributed by atoms with Crippen LogP contribution in [0.1, 0.15) is 32.4 Å². The van der Waals surface area contributed by atoms with Gasteiger partial charge in [-0.3, -0.25) is 0 Å². The highest BCUT2D eigenvalue weighted by Gasteiger charge is 2.29. The summed E-state index contributed by atoms with van der Waals surface area (Å²) in [5, 5.41) is 2.11. The third kappa shape index (κ3) is 4.31. The van der Waals surface area contributed by atoms with Gasteiger partial charge in [-0.25, -0.2) is 9.59 Å². The van der Waals surface area contributed by atoms with Crippen LogP contribution in [-0.2, 0) is 19.1 Å². The number of hydrogen-bond donors (Lipinski definition) is 0. The molecule has 0 bridgehead atoms. The molecule has 4 rings (SSSR count). The van der Waals surface area contributed by atoms with E-state index < -0.39 is 30.2 Å². The number of benzene rings is 3. The maximum absolute atomic E-state index is 13.3. The first-order chi connectivity index (χ1) is 14.8. The predicted molar refractivity (Wildman–Crippen MR) is 121 cm³/mol. The molecule has 0 radical (unpaired) electrons. The smallest absolute Gasteiger partial charge is 0.344 e. The van der Waals surface area contributed by atoms with Gasteiger partial charge in [0.2, 0.25) is 0 Å². The van der Waals surface area contributed by atoms with Crippen molar-refractivity contribution in [2.75, 3.05) is 6.61 Å². The zero-order valence-electron chi connectivity index (χ0n) is 17.9. The van der Waals surface area contributed by atoms with Crippen LogP contribution in [-0.4, -0.2) is 28.7 Å². The molecule has 5 nitrogen and oxygen atoms in total. The van der Waals surface area contributed by atoms with Crippen LogP contribution < -0.4 is 0 Å². The summed E-state index contributed by atoms with van der Waals surface area (Å²) in [6, 6.07) is 24.7. The summed E-state index contributed by atoms with van der Waals surface area (Å²) in [5.41, 5.74) is 1.98. The molecule has 0 N–H and O–H groups in total. The first-order valence-corrected chi connectivity index (χ1v) is 10.3. The Hall–Kier alpha value is -3.60. The molecule has 0 spiro atoms. The molecule has 4 aromatic rings. The van der Waals surface area contributed by atoms with Gasteiger partial charge in [0.05, 0.1) is 11.0 Å². The Kier molecular flexibility index (Phi) is 5.51. The van der Waals surface area contributed by atoms with Gasteiger partial charge in [0.15, 0.2) is 12.6 Å². The summed E-state index contributed by atoms with van der Waals surface area (Å²) < 4.78 is 12.7. The van der Waals surface area contributed by atoms with E-state index in [4.69, 9.17) is 9.47 Å². The highest BCUT2D eigenvalue weighted by atomic mass is 16.6. The van der Waals surface area contributed by atoms with Crippen molar-refractivity contribution in [3.8, 4) is 0 Å². The third-order valence-electron chi connectivity index (χ3n) is 4.97. The minimum Gasteiger partial charge on any atom is -0.457 e. The molecule has 158 valence electrons. The fourth-order valence-electron chi connectivity index (χ4n) is 3.84. The second kappa shape index (κ2) is 8.26. The van der Waals surface area contributed by atoms with Crippen molar-refractivity contribution >= 4 is 33.7 Å². The number of fused-ring (bicyclic) bond motifs is 3. The number of nitrogens with zero attached hydrogens (tertiary/aromatic N) is 1. The maximum atomic E-state index is 13.3. The highest BCUT2D eigenvalue weighted by Crippen LogP contribution is 2.34. The van der Waals surface area contributed by atoms with Gasteiger partial charge in [-0.05, 0) is 38.5 Å². The maximum Gasteiger partial charge on any atom is 0.344 e. The lowest BCUT2D eigenvalue weighted by atomic mass is 10.1. The van der Waals surface area contributed by atoms with E-state index in [0.29, 0.717) is 0 Å². The molecule has 1 unspecified atom stereocenters. The molecule has 0 aliphatic heterocycles. The second-order valence-corrected chi connectivity index (χ2v) is 8.41. The fraction of sp³-hybridized carbons (Fsp3) is 0.231. The van der Waals surface area contributed by atoms with Crippen LogP contribution in [0.4, 0.5) is 0 Å². The van der Waals surface area contributed by atoms with E-state index >= 15 is 0 Å². The fourth-order valence-corrected chi connectivity index (χ4v) is 3.84. The Morgan fingerprint density at radius 3 is 1.87 bits per heavy atom. The van der Waals surface area contributed by atoms with Gasteiger partial charge in [0.1, 0.15) is 5.60 Å². The number of para-hydroxylation sites is 2. The Balaban J connectivity index is 1.78. The number of ether oxygens (including phenoxy) is 2. The Labute approximate surface area is 181 Å². The average molecular weight is 415 g/mol. The molecule has 0 amide bonds. The molecule has 3 aromatic carbocycles. The SMILES string of the molecule is CC(C)(C)OC(=O)COC(=O)C(c1ccccc1)n1c2ccccc2c2ccccc21. The standard InChI is InChI=1S/C26H25NO4/c1-26(2,3)31-23(28)17-30-25(29)24(18-11-5-4-6-12-18)27-21-15-9-7-13-19(21)20-14-8-10-16-22(20)27/h4-16,24H,17H2,1-3H3. The van der Waals surface area contributed by atoms with Crippen molar-refractivity contribution in [2.24, 2.45) is 0 Å². The molecule has 31 heavy (non-hydrogen) atoms. The van der Waals surface area contributed by atoms with E-state index in [-0.39, 0.29) is 0 Å². The number of esters is 2. The van der Waals surface area contributed by atoms with Crippen LogP contribution in [0.5, 0.6) is 0 Å². The molecule has 0 saturated carbocycles. The topological polar surface area (TPSA) is 57.5 Å². The lowest BCUT2D eigenvalue weighted by molar-refractivity contribution is -0.167. The number of rotatable bonds is 5. The van der Waals surface area contributed by atoms with E-state index in [9.17, 15) is 9.59 Å². The highest BCUT2D eigenvalue weighted by molar-refractivity contribution is 6.09. The van der Waals surface area contributed by atoms with Gasteiger partial charge in [-0.15, -0.1) is 0 Å². The van der Waals surface area contributed by atoms with Gasteiger partial charge >= 0.3 is 11.9 Å². The van der Waals surface area contributed by atoms with Gasteiger partial charge in [-0.2, -0.15) is 0 Å². The van der Waals surface area contributed by atoms with Crippen molar-refractivity contribution < 1.29 is 19.1 Å². The molecule has 0 aliphatic rings. The number of hydrogen-bond acceptors (Lipinski definition) is 4. The summed E-state index contributed by atoms with van der Waals surface area (Å²) in [6.07, 6.45) is 0. The van der Waals surface area contributed by atoms with Crippen molar-refractivity contribution in [3.63, 3.8) is 0 Å². The van der Waals surface area contributed by atoms with Crippen LogP contribution in [0, 0.1) is 0 Å². The van der Waals surface area contributed by atoms with Gasteiger partial charge in [-0.1, -0.05) is 66.7 Å². The molecule has 1 atom stereocenters. The molecule has 0 aliphatic carbocycles. The Morgan fingerprint density at radius 1 is 0.806 bits per heavy atom. The minimum absolute atomic E-state index is 0.434. The molecule has 5 heteroatoms. The lowest BCUT2D eigenvalue weighted by Crippen LogP contribution is -2.30. The predicted octanol–water partition coefficient (Wildman–Crippen LogP) is 5.27. The first-order valence-electron chi connectivity index (χ1n) is 10.3. The quantitative estimate of drug-likeness (QED) is 0.417. The van der Waals surface area contributed by atoms with Gasteiger partial charge in [0, 0.05) is 10.8 Å². The number of aromatic nitrogens is 1. The zero-order valence-corrected chi connectivity index (χ0v) is 17.9. The first kappa shape index (κ1) is 20.7. The van der Waals surface area contributed by atoms with Crippen molar-refractivity contribution in [3.05, 3.63) is 84.4 Å². The minimum atomic E-state index is -0.742. The second-order valence-electron chi connectivity index (χ2n) is 8.41. The molecule has 0 fully saturated rings. The summed E-state index contributed by atoms with van der Waals surface area (Å²) in [7, 11) is 0. The van der Waals surface area contributed by atoms with E-state index in [0.717, 1.165) is 27.4 Å². The van der Waals surface area contributed by atoms with Crippen molar-refractivity contribution in [2.45, 2.75) is 32.4 Å². The molecule has 1 aromatic heterocycles. The average Bonchev–Trinajstić information content (AvgIpc) is 3.07. The van der Waals surface area contributed by atoms with Crippen LogP contribution in [0.15, 0.2) is 78.9 Å². The summed E-state index contributed by atoms with van der Waals surface area (Å²) in [4.78, 5) is 25.5. The summed E-state index contributed by atoms with van der Waals surface area (Å²) in [5.74, 6) is -1.08. The normalized spacial score (nSPS) is 12.6. The van der Waals surface area contributed by atoms with Crippen molar-refractivity contribution in [1.29, 1.82) is 0 Å².